The van der Waals surface area contributed by atoms with Gasteiger partial charge in [-0.2, -0.15) is 0 Å². The van der Waals surface area contributed by atoms with Gasteiger partial charge in [-0.25, -0.2) is 4.98 Å². The number of carbonyl (C=O) groups excluding carboxylic acids is 1. The molecular formula is C23H25N3O3S. The van der Waals surface area contributed by atoms with Crippen molar-refractivity contribution in [3.63, 3.8) is 0 Å². The molecule has 1 amide bonds. The van der Waals surface area contributed by atoms with E-state index in [9.17, 15) is 9.59 Å². The lowest BCUT2D eigenvalue weighted by Crippen LogP contribution is -2.36. The summed E-state index contributed by atoms with van der Waals surface area (Å²) >= 11 is 1.55. The topological polar surface area (TPSA) is 64.4 Å². The third kappa shape index (κ3) is 3.79. The Hall–Kier alpha value is -2.51. The molecule has 5 rings (SSSR count). The van der Waals surface area contributed by atoms with Crippen LogP contribution in [0.1, 0.15) is 35.3 Å². The molecular weight excluding hydrogens is 398 g/mol. The molecule has 0 radical (unpaired) electrons. The van der Waals surface area contributed by atoms with E-state index in [-0.39, 0.29) is 17.6 Å². The first-order chi connectivity index (χ1) is 14.7. The molecule has 0 bridgehead atoms. The van der Waals surface area contributed by atoms with Crippen LogP contribution >= 0.6 is 11.3 Å². The van der Waals surface area contributed by atoms with Gasteiger partial charge < -0.3 is 9.64 Å². The van der Waals surface area contributed by atoms with Gasteiger partial charge in [0.2, 0.25) is 5.91 Å². The standard InChI is InChI=1S/C23H25N3O3S/c27-20(9-8-16-5-2-1-3-6-16)25-11-10-18-19(14-25)30-22-21(18)23(28)26(15-24-22)13-17-7-4-12-29-17/h1-3,5-6,15,17H,4,7-14H2/t17-/m1/s1. The van der Waals surface area contributed by atoms with Crippen LogP contribution in [0.2, 0.25) is 0 Å². The normalized spacial score (nSPS) is 18.7. The molecule has 2 aliphatic heterocycles. The number of amides is 1. The largest absolute Gasteiger partial charge is 0.376 e. The number of carbonyl (C=O) groups is 1. The highest BCUT2D eigenvalue weighted by Crippen LogP contribution is 2.32. The summed E-state index contributed by atoms with van der Waals surface area (Å²) in [5.41, 5.74) is 2.29. The highest BCUT2D eigenvalue weighted by Gasteiger charge is 2.27. The molecule has 156 valence electrons. The summed E-state index contributed by atoms with van der Waals surface area (Å²) in [6, 6.07) is 10.1. The number of benzene rings is 1. The predicted octanol–water partition coefficient (Wildman–Crippen LogP) is 3.15. The summed E-state index contributed by atoms with van der Waals surface area (Å²) in [5, 5.41) is 0.742. The second-order valence-corrected chi connectivity index (χ2v) is 9.16. The van der Waals surface area contributed by atoms with Gasteiger partial charge in [-0.3, -0.25) is 14.2 Å². The molecule has 0 unspecified atom stereocenters. The Bertz CT molecular complexity index is 1120. The molecule has 0 N–H and O–H groups in total. The van der Waals surface area contributed by atoms with Gasteiger partial charge in [0.05, 0.1) is 30.9 Å². The smallest absolute Gasteiger partial charge is 0.262 e. The van der Waals surface area contributed by atoms with Gasteiger partial charge in [0.15, 0.2) is 0 Å². The van der Waals surface area contributed by atoms with Crippen LogP contribution < -0.4 is 5.56 Å². The Kier molecular flexibility index (Phi) is 5.39. The summed E-state index contributed by atoms with van der Waals surface area (Å²) < 4.78 is 7.38. The summed E-state index contributed by atoms with van der Waals surface area (Å²) in [6.45, 7) is 2.58. The Labute approximate surface area is 179 Å². The molecule has 0 aliphatic carbocycles. The van der Waals surface area contributed by atoms with Gasteiger partial charge in [-0.15, -0.1) is 11.3 Å². The van der Waals surface area contributed by atoms with Crippen molar-refractivity contribution in [2.45, 2.75) is 51.3 Å². The number of nitrogens with zero attached hydrogens (tertiary/aromatic N) is 3. The molecule has 7 heteroatoms. The van der Waals surface area contributed by atoms with E-state index in [0.717, 1.165) is 46.5 Å². The zero-order valence-electron chi connectivity index (χ0n) is 16.9. The highest BCUT2D eigenvalue weighted by atomic mass is 32.1. The summed E-state index contributed by atoms with van der Waals surface area (Å²) in [5.74, 6) is 0.172. The van der Waals surface area contributed by atoms with Crippen molar-refractivity contribution < 1.29 is 9.53 Å². The van der Waals surface area contributed by atoms with Crippen molar-refractivity contribution in [3.8, 4) is 0 Å². The van der Waals surface area contributed by atoms with Gasteiger partial charge in [0.1, 0.15) is 4.83 Å². The van der Waals surface area contributed by atoms with Crippen LogP contribution in [0.4, 0.5) is 0 Å². The second-order valence-electron chi connectivity index (χ2n) is 8.07. The summed E-state index contributed by atoms with van der Waals surface area (Å²) in [7, 11) is 0. The van der Waals surface area contributed by atoms with Crippen molar-refractivity contribution in [2.75, 3.05) is 13.2 Å². The summed E-state index contributed by atoms with van der Waals surface area (Å²) in [6.07, 6.45) is 5.78. The van der Waals surface area contributed by atoms with Crippen molar-refractivity contribution in [1.29, 1.82) is 0 Å². The maximum Gasteiger partial charge on any atom is 0.262 e. The highest BCUT2D eigenvalue weighted by molar-refractivity contribution is 7.18. The Morgan fingerprint density at radius 1 is 1.27 bits per heavy atom. The number of aromatic nitrogens is 2. The minimum Gasteiger partial charge on any atom is -0.376 e. The third-order valence-electron chi connectivity index (χ3n) is 6.07. The maximum absolute atomic E-state index is 13.1. The number of hydrogen-bond acceptors (Lipinski definition) is 5. The van der Waals surface area contributed by atoms with Crippen molar-refractivity contribution in [1.82, 2.24) is 14.5 Å². The predicted molar refractivity (Wildman–Crippen MR) is 117 cm³/mol. The molecule has 6 nitrogen and oxygen atoms in total. The molecule has 30 heavy (non-hydrogen) atoms. The van der Waals surface area contributed by atoms with Crippen molar-refractivity contribution in [3.05, 3.63) is 63.0 Å². The van der Waals surface area contributed by atoms with Crippen LogP contribution in [0, 0.1) is 0 Å². The van der Waals surface area contributed by atoms with Gasteiger partial charge in [-0.05, 0) is 36.8 Å². The molecule has 3 aromatic rings. The molecule has 1 atom stereocenters. The van der Waals surface area contributed by atoms with Gasteiger partial charge in [0, 0.05) is 24.4 Å². The molecule has 0 saturated carbocycles. The first kappa shape index (κ1) is 19.5. The SMILES string of the molecule is O=C(CCc1ccccc1)N1CCc2c(sc3ncn(C[C@H]4CCCO4)c(=O)c23)C1. The minimum atomic E-state index is 0.0249. The first-order valence-corrected chi connectivity index (χ1v) is 11.4. The number of aryl methyl sites for hydroxylation is 1. The van der Waals surface area contributed by atoms with E-state index in [4.69, 9.17) is 4.74 Å². The van der Waals surface area contributed by atoms with Crippen molar-refractivity contribution in [2.24, 2.45) is 0 Å². The van der Waals surface area contributed by atoms with Crippen LogP contribution in [0.5, 0.6) is 0 Å². The van der Waals surface area contributed by atoms with E-state index >= 15 is 0 Å². The third-order valence-corrected chi connectivity index (χ3v) is 7.20. The van der Waals surface area contributed by atoms with Gasteiger partial charge in [0.25, 0.3) is 5.56 Å². The number of thiophene rings is 1. The maximum atomic E-state index is 13.1. The Balaban J connectivity index is 1.32. The molecule has 2 aromatic heterocycles. The molecule has 2 aliphatic rings. The fraction of sp³-hybridized carbons (Fsp3) is 0.435. The van der Waals surface area contributed by atoms with E-state index in [1.54, 1.807) is 22.2 Å². The van der Waals surface area contributed by atoms with E-state index in [2.05, 4.69) is 17.1 Å². The van der Waals surface area contributed by atoms with Gasteiger partial charge >= 0.3 is 0 Å². The van der Waals surface area contributed by atoms with Crippen LogP contribution in [-0.4, -0.2) is 39.6 Å². The van der Waals surface area contributed by atoms with E-state index in [1.165, 1.54) is 5.56 Å². The summed E-state index contributed by atoms with van der Waals surface area (Å²) in [4.78, 5) is 34.2. The molecule has 1 saturated heterocycles. The number of hydrogen-bond donors (Lipinski definition) is 0. The van der Waals surface area contributed by atoms with Crippen LogP contribution in [0.25, 0.3) is 10.2 Å². The first-order valence-electron chi connectivity index (χ1n) is 10.6. The van der Waals surface area contributed by atoms with E-state index < -0.39 is 0 Å². The lowest BCUT2D eigenvalue weighted by atomic mass is 10.0. The zero-order chi connectivity index (χ0) is 20.5. The second kappa shape index (κ2) is 8.32. The van der Waals surface area contributed by atoms with Crippen LogP contribution in [0.3, 0.4) is 0 Å². The molecule has 0 spiro atoms. The fourth-order valence-electron chi connectivity index (χ4n) is 4.42. The molecule has 1 aromatic carbocycles. The van der Waals surface area contributed by atoms with Crippen LogP contribution in [-0.2, 0) is 35.5 Å². The Morgan fingerprint density at radius 3 is 2.93 bits per heavy atom. The number of ether oxygens (including phenoxy) is 1. The molecule has 1 fully saturated rings. The quantitative estimate of drug-likeness (QED) is 0.632. The lowest BCUT2D eigenvalue weighted by molar-refractivity contribution is -0.132. The number of fused-ring (bicyclic) bond motifs is 3. The lowest BCUT2D eigenvalue weighted by Gasteiger charge is -2.27. The monoisotopic (exact) mass is 423 g/mol. The van der Waals surface area contributed by atoms with E-state index in [1.807, 2.05) is 23.1 Å². The molecule has 4 heterocycles. The average molecular weight is 424 g/mol. The fourth-order valence-corrected chi connectivity index (χ4v) is 5.62. The van der Waals surface area contributed by atoms with Crippen LogP contribution in [0.15, 0.2) is 41.5 Å². The number of rotatable bonds is 5. The average Bonchev–Trinajstić information content (AvgIpc) is 3.42. The minimum absolute atomic E-state index is 0.0249. The van der Waals surface area contributed by atoms with Gasteiger partial charge in [-0.1, -0.05) is 30.3 Å². The zero-order valence-corrected chi connectivity index (χ0v) is 17.7. The Morgan fingerprint density at radius 2 is 2.13 bits per heavy atom. The van der Waals surface area contributed by atoms with E-state index in [0.29, 0.717) is 32.5 Å². The van der Waals surface area contributed by atoms with Crippen molar-refractivity contribution >= 4 is 27.5 Å².